The Morgan fingerprint density at radius 3 is 2.79 bits per heavy atom. The first kappa shape index (κ1) is 22.5. The second-order valence-electron chi connectivity index (χ2n) is 7.97. The highest BCUT2D eigenvalue weighted by Gasteiger charge is 2.41. The van der Waals surface area contributed by atoms with Crippen LogP contribution in [0.1, 0.15) is 6.42 Å². The molecular formula is C20H20ClN5O5S2. The van der Waals surface area contributed by atoms with E-state index in [-0.39, 0.29) is 13.0 Å². The first-order valence-corrected chi connectivity index (χ1v) is 12.7. The molecule has 0 saturated heterocycles. The van der Waals surface area contributed by atoms with Crippen molar-refractivity contribution < 1.29 is 23.2 Å². The highest BCUT2D eigenvalue weighted by molar-refractivity contribution is 7.83. The molecule has 3 heterocycles. The fourth-order valence-electron chi connectivity index (χ4n) is 4.13. The standard InChI is InChI=1S/C20H20ClN5O5S2/c21-12-2-1-10-6-16(32-15(10)7-12)13-8-18-22-4-3-17(26(18)25-13)24-14-5-11(19(27)20(14)28)9-23-33(29,30)31/h1-4,6-8,11,14,19-20,23-24,27-28H,5,9H2,(H,29,30,31)/t11-,14-,19-,20+/m1/s1. The number of fused-ring (bicyclic) bond motifs is 2. The molecule has 1 saturated carbocycles. The van der Waals surface area contributed by atoms with E-state index in [1.54, 1.807) is 28.1 Å². The third kappa shape index (κ3) is 4.55. The van der Waals surface area contributed by atoms with Crippen molar-refractivity contribution in [2.75, 3.05) is 11.9 Å². The molecule has 1 aliphatic carbocycles. The summed E-state index contributed by atoms with van der Waals surface area (Å²) < 4.78 is 35.4. The summed E-state index contributed by atoms with van der Waals surface area (Å²) >= 11 is 7.67. The molecule has 0 amide bonds. The van der Waals surface area contributed by atoms with E-state index in [9.17, 15) is 18.6 Å². The van der Waals surface area contributed by atoms with Gasteiger partial charge < -0.3 is 15.5 Å². The van der Waals surface area contributed by atoms with Gasteiger partial charge >= 0.3 is 10.3 Å². The molecule has 13 heteroatoms. The molecule has 0 spiro atoms. The van der Waals surface area contributed by atoms with Crippen LogP contribution in [0.5, 0.6) is 0 Å². The van der Waals surface area contributed by atoms with E-state index < -0.39 is 34.5 Å². The second-order valence-corrected chi connectivity index (χ2v) is 10.7. The molecule has 174 valence electrons. The van der Waals surface area contributed by atoms with Gasteiger partial charge in [0.1, 0.15) is 17.6 Å². The number of aliphatic hydroxyl groups excluding tert-OH is 2. The average molecular weight is 510 g/mol. The number of hydrogen-bond acceptors (Lipinski definition) is 8. The summed E-state index contributed by atoms with van der Waals surface area (Å²) in [6.45, 7) is -0.192. The van der Waals surface area contributed by atoms with Crippen LogP contribution >= 0.6 is 22.9 Å². The summed E-state index contributed by atoms with van der Waals surface area (Å²) in [6, 6.07) is 10.7. The van der Waals surface area contributed by atoms with E-state index in [1.807, 2.05) is 35.1 Å². The van der Waals surface area contributed by atoms with E-state index in [0.29, 0.717) is 16.5 Å². The highest BCUT2D eigenvalue weighted by Crippen LogP contribution is 2.35. The van der Waals surface area contributed by atoms with E-state index in [0.717, 1.165) is 20.7 Å². The zero-order chi connectivity index (χ0) is 23.3. The first-order valence-electron chi connectivity index (χ1n) is 10.1. The normalized spacial score (nSPS) is 23.5. The van der Waals surface area contributed by atoms with E-state index in [2.05, 4.69) is 15.4 Å². The zero-order valence-electron chi connectivity index (χ0n) is 17.0. The summed E-state index contributed by atoms with van der Waals surface area (Å²) in [7, 11) is -4.39. The predicted molar refractivity (Wildman–Crippen MR) is 126 cm³/mol. The third-order valence-electron chi connectivity index (χ3n) is 5.76. The maximum absolute atomic E-state index is 10.9. The lowest BCUT2D eigenvalue weighted by molar-refractivity contribution is 0.0184. The van der Waals surface area contributed by atoms with Gasteiger partial charge in [0, 0.05) is 34.4 Å². The van der Waals surface area contributed by atoms with Crippen molar-refractivity contribution in [3.05, 3.63) is 47.6 Å². The predicted octanol–water partition coefficient (Wildman–Crippen LogP) is 2.18. The van der Waals surface area contributed by atoms with Gasteiger partial charge in [0.25, 0.3) is 0 Å². The molecule has 0 bridgehead atoms. The van der Waals surface area contributed by atoms with Crippen LogP contribution in [0.2, 0.25) is 5.02 Å². The number of thiophene rings is 1. The molecule has 0 radical (unpaired) electrons. The Bertz CT molecular complexity index is 1440. The number of aromatic nitrogens is 3. The quantitative estimate of drug-likeness (QED) is 0.248. The van der Waals surface area contributed by atoms with Gasteiger partial charge in [0.2, 0.25) is 0 Å². The first-order chi connectivity index (χ1) is 15.7. The maximum atomic E-state index is 10.9. The van der Waals surface area contributed by atoms with Gasteiger partial charge in [-0.1, -0.05) is 17.7 Å². The van der Waals surface area contributed by atoms with Gasteiger partial charge in [-0.05, 0) is 36.1 Å². The van der Waals surface area contributed by atoms with Gasteiger partial charge in [-0.2, -0.15) is 22.8 Å². The lowest BCUT2D eigenvalue weighted by Crippen LogP contribution is -2.37. The number of rotatable bonds is 6. The van der Waals surface area contributed by atoms with Gasteiger partial charge in [-0.3, -0.25) is 4.55 Å². The minimum Gasteiger partial charge on any atom is -0.390 e. The van der Waals surface area contributed by atoms with Crippen LogP contribution in [0, 0.1) is 5.92 Å². The van der Waals surface area contributed by atoms with Crippen LogP contribution in [-0.4, -0.2) is 62.6 Å². The Balaban J connectivity index is 1.40. The molecule has 1 aliphatic rings. The topological polar surface area (TPSA) is 149 Å². The van der Waals surface area contributed by atoms with E-state index in [1.165, 1.54) is 0 Å². The van der Waals surface area contributed by atoms with Crippen molar-refractivity contribution in [1.29, 1.82) is 0 Å². The van der Waals surface area contributed by atoms with Gasteiger partial charge in [0.05, 0.1) is 17.0 Å². The van der Waals surface area contributed by atoms with Crippen molar-refractivity contribution in [1.82, 2.24) is 19.3 Å². The number of benzene rings is 1. The van der Waals surface area contributed by atoms with Gasteiger partial charge in [-0.25, -0.2) is 4.98 Å². The van der Waals surface area contributed by atoms with Crippen molar-refractivity contribution >= 4 is 54.8 Å². The van der Waals surface area contributed by atoms with Crippen LogP contribution in [-0.2, 0) is 10.3 Å². The molecule has 33 heavy (non-hydrogen) atoms. The van der Waals surface area contributed by atoms with Crippen molar-refractivity contribution in [3.63, 3.8) is 0 Å². The number of nitrogens with zero attached hydrogens (tertiary/aromatic N) is 3. The SMILES string of the molecule is O=S(=O)(O)NC[C@H]1C[C@@H](Nc2ccnc3cc(-c4cc5ccc(Cl)cc5s4)nn23)[C@H](O)[C@@H]1O. The molecule has 4 atom stereocenters. The molecule has 1 fully saturated rings. The van der Waals surface area contributed by atoms with Crippen LogP contribution in [0.3, 0.4) is 0 Å². The largest absolute Gasteiger partial charge is 0.390 e. The number of halogens is 1. The molecule has 10 nitrogen and oxygen atoms in total. The Labute approximate surface area is 197 Å². The summed E-state index contributed by atoms with van der Waals surface area (Å²) in [6.07, 6.45) is -0.403. The van der Waals surface area contributed by atoms with Crippen LogP contribution < -0.4 is 10.0 Å². The number of nitrogens with one attached hydrogen (secondary N) is 2. The maximum Gasteiger partial charge on any atom is 0.333 e. The number of anilines is 1. The third-order valence-corrected chi connectivity index (χ3v) is 7.64. The minimum absolute atomic E-state index is 0.192. The molecule has 0 unspecified atom stereocenters. The molecule has 5 rings (SSSR count). The van der Waals surface area contributed by atoms with Gasteiger partial charge in [0.15, 0.2) is 5.65 Å². The molecule has 0 aliphatic heterocycles. The monoisotopic (exact) mass is 509 g/mol. The smallest absolute Gasteiger partial charge is 0.333 e. The van der Waals surface area contributed by atoms with E-state index >= 15 is 0 Å². The second kappa shape index (κ2) is 8.47. The Morgan fingerprint density at radius 2 is 2.00 bits per heavy atom. The minimum atomic E-state index is -4.39. The summed E-state index contributed by atoms with van der Waals surface area (Å²) in [4.78, 5) is 5.32. The fourth-order valence-corrected chi connectivity index (χ4v) is 5.85. The lowest BCUT2D eigenvalue weighted by atomic mass is 10.1. The van der Waals surface area contributed by atoms with E-state index in [4.69, 9.17) is 16.2 Å². The number of hydrogen-bond donors (Lipinski definition) is 5. The Morgan fingerprint density at radius 1 is 1.18 bits per heavy atom. The van der Waals surface area contributed by atoms with Crippen LogP contribution in [0.4, 0.5) is 5.82 Å². The molecular weight excluding hydrogens is 490 g/mol. The van der Waals surface area contributed by atoms with Crippen molar-refractivity contribution in [2.24, 2.45) is 5.92 Å². The molecule has 1 aromatic carbocycles. The van der Waals surface area contributed by atoms with Crippen molar-refractivity contribution in [2.45, 2.75) is 24.7 Å². The summed E-state index contributed by atoms with van der Waals surface area (Å²) in [5, 5.41) is 30.4. The highest BCUT2D eigenvalue weighted by atomic mass is 35.5. The fraction of sp³-hybridized carbons (Fsp3) is 0.300. The zero-order valence-corrected chi connectivity index (χ0v) is 19.3. The lowest BCUT2D eigenvalue weighted by Gasteiger charge is -2.19. The van der Waals surface area contributed by atoms with Gasteiger partial charge in [-0.15, -0.1) is 11.3 Å². The van der Waals surface area contributed by atoms with Crippen LogP contribution in [0.15, 0.2) is 42.6 Å². The average Bonchev–Trinajstić information content (AvgIpc) is 3.44. The molecule has 4 aromatic rings. The molecule has 5 N–H and O–H groups in total. The van der Waals surface area contributed by atoms with Crippen molar-refractivity contribution in [3.8, 4) is 10.6 Å². The van der Waals surface area contributed by atoms with Crippen LogP contribution in [0.25, 0.3) is 26.3 Å². The molecule has 3 aromatic heterocycles. The Hall–Kier alpha value is -2.32. The number of aliphatic hydroxyl groups is 2. The summed E-state index contributed by atoms with van der Waals surface area (Å²) in [5.74, 6) is -0.00893. The Kier molecular flexibility index (Phi) is 5.77. The summed E-state index contributed by atoms with van der Waals surface area (Å²) in [5.41, 5.74) is 1.33.